The smallest absolute Gasteiger partial charge is 0.258 e. The molecule has 2 aromatic rings. The number of nitrogens with zero attached hydrogens (tertiary/aromatic N) is 1. The summed E-state index contributed by atoms with van der Waals surface area (Å²) >= 11 is 0. The van der Waals surface area contributed by atoms with E-state index in [0.717, 1.165) is 31.3 Å². The summed E-state index contributed by atoms with van der Waals surface area (Å²) in [5.74, 6) is -1.11. The van der Waals surface area contributed by atoms with Gasteiger partial charge in [-0.3, -0.25) is 9.78 Å². The third-order valence-electron chi connectivity index (χ3n) is 2.98. The van der Waals surface area contributed by atoms with Crippen LogP contribution in [0, 0.1) is 5.82 Å². The van der Waals surface area contributed by atoms with Crippen LogP contribution in [0.5, 0.6) is 0 Å². The summed E-state index contributed by atoms with van der Waals surface area (Å²) in [6, 6.07) is 8.83. The second kappa shape index (κ2) is 7.50. The highest BCUT2D eigenvalue weighted by Gasteiger charge is 2.11. The van der Waals surface area contributed by atoms with Gasteiger partial charge >= 0.3 is 0 Å². The van der Waals surface area contributed by atoms with Gasteiger partial charge in [0.05, 0.1) is 11.8 Å². The van der Waals surface area contributed by atoms with E-state index in [9.17, 15) is 9.18 Å². The van der Waals surface area contributed by atoms with Crippen LogP contribution in [-0.4, -0.2) is 17.4 Å². The molecule has 1 aromatic heterocycles. The average molecular weight is 287 g/mol. The molecule has 2 rings (SSSR count). The van der Waals surface area contributed by atoms with Crippen LogP contribution in [0.1, 0.15) is 29.3 Å². The summed E-state index contributed by atoms with van der Waals surface area (Å²) in [4.78, 5) is 15.6. The molecule has 5 heteroatoms. The van der Waals surface area contributed by atoms with E-state index in [1.54, 1.807) is 12.1 Å². The maximum absolute atomic E-state index is 13.4. The van der Waals surface area contributed by atoms with Gasteiger partial charge in [-0.15, -0.1) is 0 Å². The highest BCUT2D eigenvalue weighted by Crippen LogP contribution is 2.12. The zero-order valence-corrected chi connectivity index (χ0v) is 11.9. The second-order valence-corrected chi connectivity index (χ2v) is 4.68. The second-order valence-electron chi connectivity index (χ2n) is 4.68. The zero-order chi connectivity index (χ0) is 15.1. The molecule has 0 aliphatic rings. The molecule has 0 saturated heterocycles. The molecule has 0 atom stereocenters. The lowest BCUT2D eigenvalue weighted by Gasteiger charge is -2.07. The third kappa shape index (κ3) is 4.36. The van der Waals surface area contributed by atoms with Gasteiger partial charge in [-0.05, 0) is 36.7 Å². The van der Waals surface area contributed by atoms with E-state index >= 15 is 0 Å². The fraction of sp³-hybridized carbons (Fsp3) is 0.250. The van der Waals surface area contributed by atoms with Crippen molar-refractivity contribution in [1.82, 2.24) is 10.3 Å². The Bertz CT molecular complexity index is 599. The van der Waals surface area contributed by atoms with Crippen molar-refractivity contribution in [3.8, 4) is 0 Å². The van der Waals surface area contributed by atoms with Crippen LogP contribution in [-0.2, 0) is 6.54 Å². The summed E-state index contributed by atoms with van der Waals surface area (Å²) in [5, 5.41) is 5.97. The lowest BCUT2D eigenvalue weighted by atomic mass is 10.2. The predicted molar refractivity (Wildman–Crippen MR) is 80.6 cm³/mol. The lowest BCUT2D eigenvalue weighted by molar-refractivity contribution is 0.102. The van der Waals surface area contributed by atoms with E-state index in [1.165, 1.54) is 12.3 Å². The Morgan fingerprint density at radius 3 is 2.67 bits per heavy atom. The monoisotopic (exact) mass is 287 g/mol. The molecule has 0 radical (unpaired) electrons. The minimum Gasteiger partial charge on any atom is -0.322 e. The number of carbonyl (C=O) groups is 1. The largest absolute Gasteiger partial charge is 0.322 e. The number of carbonyl (C=O) groups excluding carboxylic acids is 1. The number of amides is 1. The Labute approximate surface area is 123 Å². The molecule has 0 fully saturated rings. The van der Waals surface area contributed by atoms with Crippen LogP contribution in [0.4, 0.5) is 10.1 Å². The van der Waals surface area contributed by atoms with Crippen molar-refractivity contribution in [3.63, 3.8) is 0 Å². The Morgan fingerprint density at radius 2 is 2.00 bits per heavy atom. The van der Waals surface area contributed by atoms with Crippen LogP contribution in [0.3, 0.4) is 0 Å². The average Bonchev–Trinajstić information content (AvgIpc) is 2.49. The standard InChI is InChI=1S/C16H18FN3O/c1-2-8-18-10-12-3-5-13(6-4-12)20-16(21)14-7-9-19-11-15(14)17/h3-7,9,11,18H,2,8,10H2,1H3,(H,20,21). The Balaban J connectivity index is 1.97. The fourth-order valence-corrected chi connectivity index (χ4v) is 1.87. The number of halogens is 1. The number of benzene rings is 1. The number of aromatic nitrogens is 1. The van der Waals surface area contributed by atoms with Crippen molar-refractivity contribution in [1.29, 1.82) is 0 Å². The number of anilines is 1. The van der Waals surface area contributed by atoms with Gasteiger partial charge in [0.15, 0.2) is 5.82 Å². The minimum absolute atomic E-state index is 0.0151. The molecule has 4 nitrogen and oxygen atoms in total. The summed E-state index contributed by atoms with van der Waals surface area (Å²) < 4.78 is 13.4. The maximum atomic E-state index is 13.4. The topological polar surface area (TPSA) is 54.0 Å². The quantitative estimate of drug-likeness (QED) is 0.803. The van der Waals surface area contributed by atoms with Gasteiger partial charge in [-0.25, -0.2) is 4.39 Å². The number of pyridine rings is 1. The molecule has 2 N–H and O–H groups in total. The Hall–Kier alpha value is -2.27. The van der Waals surface area contributed by atoms with E-state index in [0.29, 0.717) is 5.69 Å². The molecule has 110 valence electrons. The first kappa shape index (κ1) is 15.1. The van der Waals surface area contributed by atoms with Crippen molar-refractivity contribution in [2.45, 2.75) is 19.9 Å². The van der Waals surface area contributed by atoms with Crippen molar-refractivity contribution in [3.05, 3.63) is 59.7 Å². The SMILES string of the molecule is CCCNCc1ccc(NC(=O)c2ccncc2F)cc1. The highest BCUT2D eigenvalue weighted by atomic mass is 19.1. The summed E-state index contributed by atoms with van der Waals surface area (Å²) in [5.41, 5.74) is 1.76. The lowest BCUT2D eigenvalue weighted by Crippen LogP contribution is -2.15. The zero-order valence-electron chi connectivity index (χ0n) is 11.9. The molecule has 0 unspecified atom stereocenters. The molecular weight excluding hydrogens is 269 g/mol. The van der Waals surface area contributed by atoms with E-state index in [4.69, 9.17) is 0 Å². The molecule has 0 saturated carbocycles. The number of nitrogens with one attached hydrogen (secondary N) is 2. The highest BCUT2D eigenvalue weighted by molar-refractivity contribution is 6.04. The third-order valence-corrected chi connectivity index (χ3v) is 2.98. The van der Waals surface area contributed by atoms with Crippen LogP contribution >= 0.6 is 0 Å². The molecule has 0 bridgehead atoms. The van der Waals surface area contributed by atoms with Gasteiger partial charge in [0.1, 0.15) is 0 Å². The van der Waals surface area contributed by atoms with Gasteiger partial charge in [0.25, 0.3) is 5.91 Å². The molecule has 0 spiro atoms. The first-order valence-corrected chi connectivity index (χ1v) is 6.91. The van der Waals surface area contributed by atoms with E-state index in [1.807, 2.05) is 12.1 Å². The van der Waals surface area contributed by atoms with Gasteiger partial charge in [0, 0.05) is 18.4 Å². The number of hydrogen-bond acceptors (Lipinski definition) is 3. The predicted octanol–water partition coefficient (Wildman–Crippen LogP) is 2.97. The molecule has 1 amide bonds. The molecule has 0 aliphatic carbocycles. The maximum Gasteiger partial charge on any atom is 0.258 e. The van der Waals surface area contributed by atoms with Crippen LogP contribution < -0.4 is 10.6 Å². The number of hydrogen-bond donors (Lipinski definition) is 2. The first-order chi connectivity index (χ1) is 10.2. The Morgan fingerprint density at radius 1 is 1.24 bits per heavy atom. The van der Waals surface area contributed by atoms with E-state index in [2.05, 4.69) is 22.5 Å². The molecule has 1 heterocycles. The molecule has 21 heavy (non-hydrogen) atoms. The minimum atomic E-state index is -0.629. The summed E-state index contributed by atoms with van der Waals surface area (Å²) in [7, 11) is 0. The first-order valence-electron chi connectivity index (χ1n) is 6.91. The van der Waals surface area contributed by atoms with E-state index in [-0.39, 0.29) is 5.56 Å². The normalized spacial score (nSPS) is 10.4. The van der Waals surface area contributed by atoms with Gasteiger partial charge < -0.3 is 10.6 Å². The van der Waals surface area contributed by atoms with Crippen molar-refractivity contribution in [2.75, 3.05) is 11.9 Å². The van der Waals surface area contributed by atoms with E-state index < -0.39 is 11.7 Å². The van der Waals surface area contributed by atoms with Gasteiger partial charge in [-0.1, -0.05) is 19.1 Å². The van der Waals surface area contributed by atoms with Crippen LogP contribution in [0.2, 0.25) is 0 Å². The van der Waals surface area contributed by atoms with Crippen molar-refractivity contribution >= 4 is 11.6 Å². The summed E-state index contributed by atoms with van der Waals surface area (Å²) in [6.45, 7) is 3.88. The van der Waals surface area contributed by atoms with Crippen LogP contribution in [0.15, 0.2) is 42.7 Å². The van der Waals surface area contributed by atoms with Crippen molar-refractivity contribution in [2.24, 2.45) is 0 Å². The fourth-order valence-electron chi connectivity index (χ4n) is 1.87. The van der Waals surface area contributed by atoms with Gasteiger partial charge in [-0.2, -0.15) is 0 Å². The molecular formula is C16H18FN3O. The van der Waals surface area contributed by atoms with Crippen LogP contribution in [0.25, 0.3) is 0 Å². The van der Waals surface area contributed by atoms with Crippen molar-refractivity contribution < 1.29 is 9.18 Å². The molecule has 1 aromatic carbocycles. The molecule has 0 aliphatic heterocycles. The van der Waals surface area contributed by atoms with Gasteiger partial charge in [0.2, 0.25) is 0 Å². The Kier molecular flexibility index (Phi) is 5.40. The summed E-state index contributed by atoms with van der Waals surface area (Å²) in [6.07, 6.45) is 3.50. The number of rotatable bonds is 6.